The number of ether oxygens (including phenoxy) is 2. The lowest BCUT2D eigenvalue weighted by Crippen LogP contribution is -2.24. The first-order valence-corrected chi connectivity index (χ1v) is 11.0. The van der Waals surface area contributed by atoms with Gasteiger partial charge in [0.05, 0.1) is 12.7 Å². The quantitative estimate of drug-likeness (QED) is 0.297. The topological polar surface area (TPSA) is 67.8 Å². The summed E-state index contributed by atoms with van der Waals surface area (Å²) in [4.78, 5) is 11.6. The average Bonchev–Trinajstić information content (AvgIpc) is 2.86. The van der Waals surface area contributed by atoms with Gasteiger partial charge in [-0.05, 0) is 64.7 Å². The van der Waals surface area contributed by atoms with Gasteiger partial charge in [-0.15, -0.1) is 0 Å². The number of fused-ring (bicyclic) bond motifs is 1. The Kier molecular flexibility index (Phi) is 7.09. The van der Waals surface area contributed by atoms with Crippen LogP contribution in [0.15, 0.2) is 78.9 Å². The standard InChI is InChI=1S/C28H26FNO4/c1-18(24-9-5-7-19-6-3-4-8-25(19)24)30-12-13-34-23-15-21(14-22(16-23)28(31)32)20-10-11-26(29)27(17-20)33-2/h3-11,14-18,30H,12-13H2,1-2H3,(H,31,32)/t18-/m1/s1. The van der Waals surface area contributed by atoms with E-state index in [1.54, 1.807) is 12.1 Å². The van der Waals surface area contributed by atoms with Gasteiger partial charge in [0.1, 0.15) is 12.4 Å². The Morgan fingerprint density at radius 2 is 1.79 bits per heavy atom. The molecule has 4 rings (SSSR count). The highest BCUT2D eigenvalue weighted by Gasteiger charge is 2.12. The van der Waals surface area contributed by atoms with Crippen LogP contribution in [-0.2, 0) is 0 Å². The van der Waals surface area contributed by atoms with E-state index in [-0.39, 0.29) is 17.4 Å². The van der Waals surface area contributed by atoms with Crippen LogP contribution < -0.4 is 14.8 Å². The minimum atomic E-state index is -1.07. The zero-order valence-electron chi connectivity index (χ0n) is 19.0. The van der Waals surface area contributed by atoms with Crippen molar-refractivity contribution >= 4 is 16.7 Å². The lowest BCUT2D eigenvalue weighted by Gasteiger charge is -2.17. The fraction of sp³-hybridized carbons (Fsp3) is 0.179. The van der Waals surface area contributed by atoms with E-state index in [2.05, 4.69) is 42.6 Å². The van der Waals surface area contributed by atoms with Crippen molar-refractivity contribution in [1.29, 1.82) is 0 Å². The van der Waals surface area contributed by atoms with E-state index in [4.69, 9.17) is 9.47 Å². The van der Waals surface area contributed by atoms with Crippen molar-refractivity contribution < 1.29 is 23.8 Å². The van der Waals surface area contributed by atoms with E-state index >= 15 is 0 Å². The number of carbonyl (C=O) groups is 1. The van der Waals surface area contributed by atoms with Gasteiger partial charge >= 0.3 is 5.97 Å². The van der Waals surface area contributed by atoms with Crippen LogP contribution in [0, 0.1) is 5.82 Å². The highest BCUT2D eigenvalue weighted by Crippen LogP contribution is 2.30. The van der Waals surface area contributed by atoms with E-state index in [0.717, 1.165) is 0 Å². The van der Waals surface area contributed by atoms with Crippen molar-refractivity contribution in [3.8, 4) is 22.6 Å². The van der Waals surface area contributed by atoms with Crippen LogP contribution in [0.1, 0.15) is 28.9 Å². The fourth-order valence-electron chi connectivity index (χ4n) is 3.99. The Hall–Kier alpha value is -3.90. The molecule has 0 radical (unpaired) electrons. The third-order valence-electron chi connectivity index (χ3n) is 5.75. The van der Waals surface area contributed by atoms with Crippen molar-refractivity contribution in [1.82, 2.24) is 5.32 Å². The van der Waals surface area contributed by atoms with Crippen LogP contribution in [-0.4, -0.2) is 31.3 Å². The van der Waals surface area contributed by atoms with Crippen molar-refractivity contribution in [3.63, 3.8) is 0 Å². The maximum atomic E-state index is 13.8. The number of hydrogen-bond donors (Lipinski definition) is 2. The van der Waals surface area contributed by atoms with Crippen LogP contribution in [0.4, 0.5) is 4.39 Å². The molecule has 2 N–H and O–H groups in total. The third kappa shape index (κ3) is 5.18. The van der Waals surface area contributed by atoms with Crippen molar-refractivity contribution in [2.75, 3.05) is 20.3 Å². The summed E-state index contributed by atoms with van der Waals surface area (Å²) in [5, 5.41) is 15.4. The molecule has 0 aliphatic heterocycles. The molecule has 174 valence electrons. The van der Waals surface area contributed by atoms with Crippen molar-refractivity contribution in [2.45, 2.75) is 13.0 Å². The molecule has 4 aromatic rings. The summed E-state index contributed by atoms with van der Waals surface area (Å²) in [6.07, 6.45) is 0. The second kappa shape index (κ2) is 10.4. The van der Waals surface area contributed by atoms with Crippen LogP contribution in [0.2, 0.25) is 0 Å². The van der Waals surface area contributed by atoms with Crippen molar-refractivity contribution in [3.05, 3.63) is 95.8 Å². The van der Waals surface area contributed by atoms with Gasteiger partial charge in [0.2, 0.25) is 0 Å². The zero-order chi connectivity index (χ0) is 24.1. The third-order valence-corrected chi connectivity index (χ3v) is 5.75. The second-order valence-corrected chi connectivity index (χ2v) is 7.99. The molecular formula is C28H26FNO4. The first-order valence-electron chi connectivity index (χ1n) is 11.0. The number of carboxylic acid groups (broad SMARTS) is 1. The molecule has 4 aromatic carbocycles. The van der Waals surface area contributed by atoms with Crippen LogP contribution in [0.25, 0.3) is 21.9 Å². The smallest absolute Gasteiger partial charge is 0.335 e. The van der Waals surface area contributed by atoms with Crippen LogP contribution in [0.3, 0.4) is 0 Å². The van der Waals surface area contributed by atoms with Crippen LogP contribution >= 0.6 is 0 Å². The predicted octanol–water partition coefficient (Wildman–Crippen LogP) is 6.08. The number of halogens is 1. The summed E-state index contributed by atoms with van der Waals surface area (Å²) in [6, 6.07) is 23.8. The Morgan fingerprint density at radius 1 is 1.00 bits per heavy atom. The second-order valence-electron chi connectivity index (χ2n) is 7.99. The number of rotatable bonds is 9. The largest absolute Gasteiger partial charge is 0.494 e. The molecule has 1 atom stereocenters. The summed E-state index contributed by atoms with van der Waals surface area (Å²) in [5.41, 5.74) is 2.53. The van der Waals surface area contributed by atoms with Crippen LogP contribution in [0.5, 0.6) is 11.5 Å². The van der Waals surface area contributed by atoms with E-state index in [0.29, 0.717) is 30.0 Å². The monoisotopic (exact) mass is 459 g/mol. The molecule has 0 bridgehead atoms. The van der Waals surface area contributed by atoms with Gasteiger partial charge in [-0.3, -0.25) is 0 Å². The Labute approximate surface area is 197 Å². The summed E-state index contributed by atoms with van der Waals surface area (Å²) >= 11 is 0. The lowest BCUT2D eigenvalue weighted by molar-refractivity contribution is 0.0696. The maximum absolute atomic E-state index is 13.8. The molecule has 0 aliphatic rings. The molecule has 5 nitrogen and oxygen atoms in total. The zero-order valence-corrected chi connectivity index (χ0v) is 19.0. The molecule has 0 spiro atoms. The number of carboxylic acids is 1. The molecule has 0 fully saturated rings. The summed E-state index contributed by atoms with van der Waals surface area (Å²) in [5.74, 6) is -1.03. The Balaban J connectivity index is 1.46. The minimum absolute atomic E-state index is 0.0901. The summed E-state index contributed by atoms with van der Waals surface area (Å²) in [6.45, 7) is 3.03. The van der Waals surface area contributed by atoms with Gasteiger partial charge in [0.25, 0.3) is 0 Å². The molecule has 6 heteroatoms. The average molecular weight is 460 g/mol. The predicted molar refractivity (Wildman–Crippen MR) is 131 cm³/mol. The molecule has 0 unspecified atom stereocenters. The van der Waals surface area contributed by atoms with Gasteiger partial charge in [0.15, 0.2) is 11.6 Å². The molecular weight excluding hydrogens is 433 g/mol. The van der Waals surface area contributed by atoms with E-state index in [9.17, 15) is 14.3 Å². The number of aromatic carboxylic acids is 1. The Bertz CT molecular complexity index is 1320. The molecule has 0 amide bonds. The van der Waals surface area contributed by atoms with E-state index in [1.165, 1.54) is 47.7 Å². The summed E-state index contributed by atoms with van der Waals surface area (Å²) < 4.78 is 24.7. The fourth-order valence-corrected chi connectivity index (χ4v) is 3.99. The molecule has 0 saturated heterocycles. The van der Waals surface area contributed by atoms with Gasteiger partial charge in [-0.2, -0.15) is 0 Å². The van der Waals surface area contributed by atoms with Gasteiger partial charge in [-0.1, -0.05) is 48.5 Å². The lowest BCUT2D eigenvalue weighted by atomic mass is 10.00. The molecule has 0 saturated carbocycles. The van der Waals surface area contributed by atoms with Gasteiger partial charge in [-0.25, -0.2) is 9.18 Å². The number of benzene rings is 4. The first kappa shape index (κ1) is 23.3. The van der Waals surface area contributed by atoms with Gasteiger partial charge < -0.3 is 19.9 Å². The Morgan fingerprint density at radius 3 is 2.59 bits per heavy atom. The first-order chi connectivity index (χ1) is 16.5. The maximum Gasteiger partial charge on any atom is 0.335 e. The molecule has 34 heavy (non-hydrogen) atoms. The molecule has 0 heterocycles. The number of hydrogen-bond acceptors (Lipinski definition) is 4. The van der Waals surface area contributed by atoms with E-state index in [1.807, 2.05) is 12.1 Å². The normalized spacial score (nSPS) is 11.9. The summed E-state index contributed by atoms with van der Waals surface area (Å²) in [7, 11) is 1.39. The highest BCUT2D eigenvalue weighted by atomic mass is 19.1. The molecule has 0 aliphatic carbocycles. The minimum Gasteiger partial charge on any atom is -0.494 e. The van der Waals surface area contributed by atoms with E-state index < -0.39 is 11.8 Å². The highest BCUT2D eigenvalue weighted by molar-refractivity contribution is 5.90. The van der Waals surface area contributed by atoms with Crippen molar-refractivity contribution in [2.24, 2.45) is 0 Å². The number of methoxy groups -OCH3 is 1. The number of nitrogens with one attached hydrogen (secondary N) is 1. The molecule has 0 aromatic heterocycles. The van der Waals surface area contributed by atoms with Gasteiger partial charge in [0, 0.05) is 12.6 Å². The SMILES string of the molecule is COc1cc(-c2cc(OCCN[C@H](C)c3cccc4ccccc34)cc(C(=O)O)c2)ccc1F.